The van der Waals surface area contributed by atoms with Crippen LogP contribution in [-0.4, -0.2) is 16.6 Å². The molecule has 6 heteroatoms. The molecule has 21 heavy (non-hydrogen) atoms. The summed E-state index contributed by atoms with van der Waals surface area (Å²) in [7, 11) is 0. The molecule has 2 rings (SSSR count). The number of thiocarbonyl (C=S) groups is 1. The Morgan fingerprint density at radius 3 is 2.62 bits per heavy atom. The van der Waals surface area contributed by atoms with Gasteiger partial charge in [-0.1, -0.05) is 42.0 Å². The molecular weight excluding hydrogens is 324 g/mol. The highest BCUT2D eigenvalue weighted by atomic mass is 35.5. The molecule has 2 aromatic carbocycles. The number of carbonyl (C=O) groups is 1. The van der Waals surface area contributed by atoms with Gasteiger partial charge in [0.05, 0.1) is 11.4 Å². The number of anilines is 1. The van der Waals surface area contributed by atoms with Crippen molar-refractivity contribution in [1.82, 2.24) is 0 Å². The zero-order valence-electron chi connectivity index (χ0n) is 11.0. The van der Waals surface area contributed by atoms with Crippen molar-refractivity contribution in [3.05, 3.63) is 59.1 Å². The fourth-order valence-corrected chi connectivity index (χ4v) is 2.76. The second-order valence-electron chi connectivity index (χ2n) is 4.20. The van der Waals surface area contributed by atoms with E-state index >= 15 is 0 Å². The van der Waals surface area contributed by atoms with Crippen LogP contribution in [0, 0.1) is 0 Å². The summed E-state index contributed by atoms with van der Waals surface area (Å²) in [6.45, 7) is 0. The summed E-state index contributed by atoms with van der Waals surface area (Å²) >= 11 is 12.4. The maximum Gasteiger partial charge on any atom is 0.234 e. The van der Waals surface area contributed by atoms with Gasteiger partial charge in [-0.15, -0.1) is 11.8 Å². The van der Waals surface area contributed by atoms with Crippen LogP contribution in [0.3, 0.4) is 0 Å². The lowest BCUT2D eigenvalue weighted by Crippen LogP contribution is -2.18. The number of thioether (sulfide) groups is 1. The van der Waals surface area contributed by atoms with Gasteiger partial charge in [0.2, 0.25) is 5.91 Å². The van der Waals surface area contributed by atoms with Gasteiger partial charge in [0.25, 0.3) is 0 Å². The van der Waals surface area contributed by atoms with Crippen LogP contribution < -0.4 is 11.1 Å². The van der Waals surface area contributed by atoms with Crippen molar-refractivity contribution < 1.29 is 4.79 Å². The first kappa shape index (κ1) is 15.8. The van der Waals surface area contributed by atoms with Crippen LogP contribution in [-0.2, 0) is 4.79 Å². The molecule has 0 unspecified atom stereocenters. The molecule has 0 aliphatic carbocycles. The number of nitrogens with two attached hydrogens (primary N) is 1. The molecule has 0 aliphatic rings. The first-order chi connectivity index (χ1) is 10.1. The highest BCUT2D eigenvalue weighted by Gasteiger charge is 2.10. The number of hydrogen-bond acceptors (Lipinski definition) is 3. The Morgan fingerprint density at radius 2 is 1.95 bits per heavy atom. The van der Waals surface area contributed by atoms with Crippen LogP contribution in [0.15, 0.2) is 53.4 Å². The molecule has 0 radical (unpaired) electrons. The number of rotatable bonds is 5. The van der Waals surface area contributed by atoms with Gasteiger partial charge in [-0.05, 0) is 30.3 Å². The third kappa shape index (κ3) is 4.74. The highest BCUT2D eigenvalue weighted by molar-refractivity contribution is 8.00. The van der Waals surface area contributed by atoms with Crippen molar-refractivity contribution in [2.24, 2.45) is 5.73 Å². The van der Waals surface area contributed by atoms with Gasteiger partial charge in [-0.2, -0.15) is 0 Å². The average molecular weight is 337 g/mol. The number of halogens is 1. The normalized spacial score (nSPS) is 10.1. The SMILES string of the molecule is NC(=S)c1ccc(Cl)cc1NC(=O)CSc1ccccc1. The van der Waals surface area contributed by atoms with E-state index in [1.165, 1.54) is 11.8 Å². The molecule has 2 aromatic rings. The monoisotopic (exact) mass is 336 g/mol. The van der Waals surface area contributed by atoms with E-state index in [0.29, 0.717) is 22.0 Å². The molecule has 1 amide bonds. The predicted molar refractivity (Wildman–Crippen MR) is 93.1 cm³/mol. The Labute approximate surface area is 137 Å². The van der Waals surface area contributed by atoms with Crippen LogP contribution in [0.5, 0.6) is 0 Å². The fraction of sp³-hybridized carbons (Fsp3) is 0.0667. The molecule has 0 fully saturated rings. The minimum Gasteiger partial charge on any atom is -0.389 e. The Bertz CT molecular complexity index is 662. The van der Waals surface area contributed by atoms with Crippen molar-refractivity contribution in [2.45, 2.75) is 4.90 Å². The van der Waals surface area contributed by atoms with Crippen LogP contribution >= 0.6 is 35.6 Å². The van der Waals surface area contributed by atoms with Gasteiger partial charge < -0.3 is 11.1 Å². The molecule has 108 valence electrons. The standard InChI is InChI=1S/C15H13ClN2OS2/c16-10-6-7-12(15(17)20)13(8-10)18-14(19)9-21-11-4-2-1-3-5-11/h1-8H,9H2,(H2,17,20)(H,18,19). The maximum absolute atomic E-state index is 12.0. The predicted octanol–water partition coefficient (Wildman–Crippen LogP) is 3.71. The van der Waals surface area contributed by atoms with Gasteiger partial charge in [0, 0.05) is 15.5 Å². The molecule has 0 atom stereocenters. The maximum atomic E-state index is 12.0. The van der Waals surface area contributed by atoms with Crippen molar-refractivity contribution in [3.63, 3.8) is 0 Å². The minimum absolute atomic E-state index is 0.136. The second kappa shape index (κ2) is 7.45. The molecule has 0 heterocycles. The summed E-state index contributed by atoms with van der Waals surface area (Å²) in [6, 6.07) is 14.7. The van der Waals surface area contributed by atoms with E-state index < -0.39 is 0 Å². The van der Waals surface area contributed by atoms with Gasteiger partial charge >= 0.3 is 0 Å². The molecule has 0 spiro atoms. The Balaban J connectivity index is 2.02. The first-order valence-corrected chi connectivity index (χ1v) is 7.90. The average Bonchev–Trinajstić information content (AvgIpc) is 2.46. The molecule has 0 aromatic heterocycles. The van der Waals surface area contributed by atoms with Crippen LogP contribution in [0.4, 0.5) is 5.69 Å². The van der Waals surface area contributed by atoms with E-state index in [9.17, 15) is 4.79 Å². The van der Waals surface area contributed by atoms with Crippen molar-refractivity contribution in [3.8, 4) is 0 Å². The quantitative estimate of drug-likeness (QED) is 0.645. The van der Waals surface area contributed by atoms with E-state index in [4.69, 9.17) is 29.6 Å². The minimum atomic E-state index is -0.136. The topological polar surface area (TPSA) is 55.1 Å². The number of amides is 1. The summed E-state index contributed by atoms with van der Waals surface area (Å²) in [5.41, 5.74) is 6.78. The molecule has 0 bridgehead atoms. The molecule has 3 nitrogen and oxygen atoms in total. The van der Waals surface area contributed by atoms with E-state index in [1.54, 1.807) is 18.2 Å². The lowest BCUT2D eigenvalue weighted by molar-refractivity contribution is -0.113. The lowest BCUT2D eigenvalue weighted by atomic mass is 10.2. The van der Waals surface area contributed by atoms with Gasteiger partial charge in [-0.3, -0.25) is 4.79 Å². The fourth-order valence-electron chi connectivity index (χ4n) is 1.69. The molecule has 0 saturated carbocycles. The van der Waals surface area contributed by atoms with E-state index in [0.717, 1.165) is 4.90 Å². The van der Waals surface area contributed by atoms with Crippen LogP contribution in [0.2, 0.25) is 5.02 Å². The number of benzene rings is 2. The third-order valence-corrected chi connectivity index (χ3v) is 4.10. The molecule has 0 aliphatic heterocycles. The largest absolute Gasteiger partial charge is 0.389 e. The van der Waals surface area contributed by atoms with E-state index in [-0.39, 0.29) is 10.9 Å². The summed E-state index contributed by atoms with van der Waals surface area (Å²) in [5, 5.41) is 3.31. The number of carbonyl (C=O) groups excluding carboxylic acids is 1. The van der Waals surface area contributed by atoms with Gasteiger partial charge in [-0.25, -0.2) is 0 Å². The van der Waals surface area contributed by atoms with E-state index in [2.05, 4.69) is 5.32 Å². The van der Waals surface area contributed by atoms with Crippen molar-refractivity contribution in [2.75, 3.05) is 11.1 Å². The molecule has 3 N–H and O–H groups in total. The van der Waals surface area contributed by atoms with E-state index in [1.807, 2.05) is 30.3 Å². The molecular formula is C15H13ClN2OS2. The molecule has 0 saturated heterocycles. The Morgan fingerprint density at radius 1 is 1.24 bits per heavy atom. The first-order valence-electron chi connectivity index (χ1n) is 6.13. The Hall–Kier alpha value is -1.56. The highest BCUT2D eigenvalue weighted by Crippen LogP contribution is 2.22. The van der Waals surface area contributed by atoms with Gasteiger partial charge in [0.1, 0.15) is 4.99 Å². The van der Waals surface area contributed by atoms with Crippen LogP contribution in [0.1, 0.15) is 5.56 Å². The Kier molecular flexibility index (Phi) is 5.61. The summed E-state index contributed by atoms with van der Waals surface area (Å²) in [5.74, 6) is 0.163. The second-order valence-corrected chi connectivity index (χ2v) is 6.13. The number of nitrogens with one attached hydrogen (secondary N) is 1. The summed E-state index contributed by atoms with van der Waals surface area (Å²) < 4.78 is 0. The van der Waals surface area contributed by atoms with Crippen molar-refractivity contribution >= 4 is 52.2 Å². The third-order valence-electron chi connectivity index (χ3n) is 2.63. The van der Waals surface area contributed by atoms with Crippen molar-refractivity contribution in [1.29, 1.82) is 0 Å². The lowest BCUT2D eigenvalue weighted by Gasteiger charge is -2.10. The van der Waals surface area contributed by atoms with Gasteiger partial charge in [0.15, 0.2) is 0 Å². The number of hydrogen-bond donors (Lipinski definition) is 2. The zero-order valence-corrected chi connectivity index (χ0v) is 13.4. The smallest absolute Gasteiger partial charge is 0.234 e. The van der Waals surface area contributed by atoms with Crippen LogP contribution in [0.25, 0.3) is 0 Å². The zero-order chi connectivity index (χ0) is 15.2. The summed E-state index contributed by atoms with van der Waals surface area (Å²) in [4.78, 5) is 13.3. The summed E-state index contributed by atoms with van der Waals surface area (Å²) in [6.07, 6.45) is 0.